The van der Waals surface area contributed by atoms with Crippen LogP contribution in [0.1, 0.15) is 11.3 Å². The van der Waals surface area contributed by atoms with Gasteiger partial charge in [0.2, 0.25) is 0 Å². The van der Waals surface area contributed by atoms with E-state index in [1.54, 1.807) is 11.3 Å². The molecule has 0 saturated carbocycles. The van der Waals surface area contributed by atoms with Gasteiger partial charge in [0.1, 0.15) is 0 Å². The molecule has 1 atom stereocenters. The van der Waals surface area contributed by atoms with Crippen LogP contribution in [0.15, 0.2) is 15.9 Å². The molecule has 1 aromatic heterocycles. The van der Waals surface area contributed by atoms with Gasteiger partial charge in [0.15, 0.2) is 0 Å². The topological polar surface area (TPSA) is 35.2 Å². The van der Waals surface area contributed by atoms with Crippen molar-refractivity contribution in [3.05, 3.63) is 20.8 Å². The molecule has 0 radical (unpaired) electrons. The molecular weight excluding hydrogens is 262 g/mol. The molecular formula is C10H14BrNOS. The third kappa shape index (κ3) is 2.19. The number of nitrogens with two attached hydrogens (primary N) is 1. The molecule has 0 aromatic carbocycles. The van der Waals surface area contributed by atoms with Crippen LogP contribution in [0.2, 0.25) is 0 Å². The molecule has 1 saturated heterocycles. The Morgan fingerprint density at radius 1 is 1.57 bits per heavy atom. The minimum absolute atomic E-state index is 0.199. The molecule has 1 aliphatic heterocycles. The monoisotopic (exact) mass is 275 g/mol. The van der Waals surface area contributed by atoms with Crippen LogP contribution in [0.25, 0.3) is 0 Å². The maximum Gasteiger partial charge on any atom is 0.0701 e. The van der Waals surface area contributed by atoms with Gasteiger partial charge in [0.05, 0.1) is 10.4 Å². The van der Waals surface area contributed by atoms with Crippen molar-refractivity contribution in [2.24, 2.45) is 11.1 Å². The van der Waals surface area contributed by atoms with Crippen LogP contribution < -0.4 is 5.73 Å². The van der Waals surface area contributed by atoms with E-state index in [4.69, 9.17) is 10.5 Å². The SMILES string of the molecule is NCC1(Cc2ccc(Br)s2)CCOC1. The highest BCUT2D eigenvalue weighted by atomic mass is 79.9. The van der Waals surface area contributed by atoms with Crippen molar-refractivity contribution < 1.29 is 4.74 Å². The van der Waals surface area contributed by atoms with Crippen LogP contribution >= 0.6 is 27.3 Å². The van der Waals surface area contributed by atoms with E-state index in [0.717, 1.165) is 32.6 Å². The Morgan fingerprint density at radius 2 is 2.43 bits per heavy atom. The number of ether oxygens (including phenoxy) is 1. The Morgan fingerprint density at radius 3 is 2.93 bits per heavy atom. The van der Waals surface area contributed by atoms with E-state index in [2.05, 4.69) is 28.1 Å². The predicted octanol–water partition coefficient (Wildman–Crippen LogP) is 2.42. The molecule has 2 N–H and O–H groups in total. The first kappa shape index (κ1) is 10.6. The van der Waals surface area contributed by atoms with Crippen molar-refractivity contribution in [3.63, 3.8) is 0 Å². The minimum Gasteiger partial charge on any atom is -0.381 e. The largest absolute Gasteiger partial charge is 0.381 e. The summed E-state index contributed by atoms with van der Waals surface area (Å²) in [6.45, 7) is 2.41. The van der Waals surface area contributed by atoms with Crippen molar-refractivity contribution >= 4 is 27.3 Å². The number of thiophene rings is 1. The molecule has 78 valence electrons. The molecule has 0 aliphatic carbocycles. The second-order valence-electron chi connectivity index (χ2n) is 3.89. The molecule has 1 aromatic rings. The lowest BCUT2D eigenvalue weighted by Crippen LogP contribution is -2.32. The van der Waals surface area contributed by atoms with Gasteiger partial charge in [-0.25, -0.2) is 0 Å². The highest BCUT2D eigenvalue weighted by Crippen LogP contribution is 2.34. The van der Waals surface area contributed by atoms with E-state index in [1.807, 2.05) is 0 Å². The maximum atomic E-state index is 5.84. The van der Waals surface area contributed by atoms with Crippen molar-refractivity contribution in [3.8, 4) is 0 Å². The molecule has 4 heteroatoms. The fourth-order valence-electron chi connectivity index (χ4n) is 1.84. The molecule has 2 heterocycles. The summed E-state index contributed by atoms with van der Waals surface area (Å²) < 4.78 is 6.64. The molecule has 14 heavy (non-hydrogen) atoms. The summed E-state index contributed by atoms with van der Waals surface area (Å²) in [5, 5.41) is 0. The highest BCUT2D eigenvalue weighted by Gasteiger charge is 2.33. The van der Waals surface area contributed by atoms with E-state index in [0.29, 0.717) is 0 Å². The molecule has 2 nitrogen and oxygen atoms in total. The van der Waals surface area contributed by atoms with Crippen LogP contribution in [-0.2, 0) is 11.2 Å². The maximum absolute atomic E-state index is 5.84. The highest BCUT2D eigenvalue weighted by molar-refractivity contribution is 9.11. The third-order valence-electron chi connectivity index (χ3n) is 2.80. The zero-order valence-electron chi connectivity index (χ0n) is 7.96. The summed E-state index contributed by atoms with van der Waals surface area (Å²) in [6.07, 6.45) is 2.15. The molecule has 1 unspecified atom stereocenters. The zero-order chi connectivity index (χ0) is 10.0. The number of rotatable bonds is 3. The Kier molecular flexibility index (Phi) is 3.27. The van der Waals surface area contributed by atoms with Crippen molar-refractivity contribution in [1.82, 2.24) is 0 Å². The molecule has 0 bridgehead atoms. The van der Waals surface area contributed by atoms with E-state index in [9.17, 15) is 0 Å². The summed E-state index contributed by atoms with van der Waals surface area (Å²) in [7, 11) is 0. The standard InChI is InChI=1S/C10H14BrNOS/c11-9-2-1-8(14-9)5-10(6-12)3-4-13-7-10/h1-2H,3-7,12H2. The van der Waals surface area contributed by atoms with Crippen molar-refractivity contribution in [1.29, 1.82) is 0 Å². The first-order valence-corrected chi connectivity index (χ1v) is 6.37. The smallest absolute Gasteiger partial charge is 0.0701 e. The average molecular weight is 276 g/mol. The first-order chi connectivity index (χ1) is 6.74. The predicted molar refractivity (Wildman–Crippen MR) is 62.6 cm³/mol. The van der Waals surface area contributed by atoms with Gasteiger partial charge in [-0.15, -0.1) is 11.3 Å². The van der Waals surface area contributed by atoms with E-state index < -0.39 is 0 Å². The quantitative estimate of drug-likeness (QED) is 0.920. The average Bonchev–Trinajstić information content (AvgIpc) is 2.77. The van der Waals surface area contributed by atoms with Crippen LogP contribution in [0.5, 0.6) is 0 Å². The summed E-state index contributed by atoms with van der Waals surface area (Å²) in [5.74, 6) is 0. The van der Waals surface area contributed by atoms with Crippen molar-refractivity contribution in [2.45, 2.75) is 12.8 Å². The lowest BCUT2D eigenvalue weighted by molar-refractivity contribution is 0.155. The van der Waals surface area contributed by atoms with Crippen LogP contribution in [0.4, 0.5) is 0 Å². The summed E-state index contributed by atoms with van der Waals surface area (Å²) in [6, 6.07) is 4.27. The summed E-state index contributed by atoms with van der Waals surface area (Å²) in [4.78, 5) is 1.40. The Balaban J connectivity index is 2.08. The van der Waals surface area contributed by atoms with Gasteiger partial charge in [-0.3, -0.25) is 0 Å². The summed E-state index contributed by atoms with van der Waals surface area (Å²) in [5.41, 5.74) is 6.04. The first-order valence-electron chi connectivity index (χ1n) is 4.76. The molecule has 1 aliphatic rings. The lowest BCUT2D eigenvalue weighted by atomic mass is 9.83. The Labute approximate surface area is 96.6 Å². The fraction of sp³-hybridized carbons (Fsp3) is 0.600. The van der Waals surface area contributed by atoms with Gasteiger partial charge in [0, 0.05) is 23.4 Å². The van der Waals surface area contributed by atoms with Gasteiger partial charge >= 0.3 is 0 Å². The van der Waals surface area contributed by atoms with E-state index in [-0.39, 0.29) is 5.41 Å². The number of hydrogen-bond donors (Lipinski definition) is 1. The fourth-order valence-corrected chi connectivity index (χ4v) is 3.50. The van der Waals surface area contributed by atoms with Crippen LogP contribution in [-0.4, -0.2) is 19.8 Å². The van der Waals surface area contributed by atoms with Crippen molar-refractivity contribution in [2.75, 3.05) is 19.8 Å². The van der Waals surface area contributed by atoms with Gasteiger partial charge in [-0.2, -0.15) is 0 Å². The minimum atomic E-state index is 0.199. The van der Waals surface area contributed by atoms with E-state index in [1.165, 1.54) is 8.66 Å². The van der Waals surface area contributed by atoms with E-state index >= 15 is 0 Å². The Bertz CT molecular complexity index is 307. The number of hydrogen-bond acceptors (Lipinski definition) is 3. The van der Waals surface area contributed by atoms with Gasteiger partial charge in [-0.1, -0.05) is 0 Å². The second kappa shape index (κ2) is 4.31. The zero-order valence-corrected chi connectivity index (χ0v) is 10.4. The molecule has 2 rings (SSSR count). The van der Waals surface area contributed by atoms with Crippen LogP contribution in [0, 0.1) is 5.41 Å². The van der Waals surface area contributed by atoms with Crippen LogP contribution in [0.3, 0.4) is 0 Å². The second-order valence-corrected chi connectivity index (χ2v) is 6.44. The third-order valence-corrected chi connectivity index (χ3v) is 4.42. The lowest BCUT2D eigenvalue weighted by Gasteiger charge is -2.24. The molecule has 1 fully saturated rings. The van der Waals surface area contributed by atoms with Gasteiger partial charge < -0.3 is 10.5 Å². The Hall–Kier alpha value is 0.1000. The normalized spacial score (nSPS) is 27.0. The molecule has 0 amide bonds. The number of halogens is 1. The summed E-state index contributed by atoms with van der Waals surface area (Å²) >= 11 is 5.27. The van der Waals surface area contributed by atoms with Gasteiger partial charge in [0.25, 0.3) is 0 Å². The molecule has 0 spiro atoms. The van der Waals surface area contributed by atoms with Gasteiger partial charge in [-0.05, 0) is 40.9 Å².